The van der Waals surface area contributed by atoms with Crippen molar-refractivity contribution in [3.8, 4) is 17.1 Å². The van der Waals surface area contributed by atoms with Crippen molar-refractivity contribution in [2.75, 3.05) is 37.7 Å². The summed E-state index contributed by atoms with van der Waals surface area (Å²) in [5, 5.41) is 16.6. The molecule has 204 valence electrons. The summed E-state index contributed by atoms with van der Waals surface area (Å²) in [6, 6.07) is 6.44. The Labute approximate surface area is 220 Å². The molecule has 13 nitrogen and oxygen atoms in total. The molecule has 0 saturated carbocycles. The lowest BCUT2D eigenvalue weighted by atomic mass is 10.0. The Morgan fingerprint density at radius 2 is 1.76 bits per heavy atom. The van der Waals surface area contributed by atoms with Crippen LogP contribution in [0.25, 0.3) is 11.4 Å². The number of nitrogens with one attached hydrogen (secondary N) is 1. The van der Waals surface area contributed by atoms with Crippen molar-refractivity contribution >= 4 is 34.2 Å². The van der Waals surface area contributed by atoms with Gasteiger partial charge in [0.05, 0.1) is 35.4 Å². The molecule has 2 aliphatic rings. The number of hydrogen-bond acceptors (Lipinski definition) is 9. The summed E-state index contributed by atoms with van der Waals surface area (Å²) in [6.07, 6.45) is 2.84. The molecule has 2 fully saturated rings. The number of nitrogen functional groups attached to an aromatic ring is 1. The van der Waals surface area contributed by atoms with Crippen LogP contribution in [0, 0.1) is 11.3 Å². The zero-order valence-electron chi connectivity index (χ0n) is 20.5. The summed E-state index contributed by atoms with van der Waals surface area (Å²) in [5.74, 6) is -1.54. The molecule has 4 rings (SSSR count). The topological polar surface area (TPSA) is 203 Å². The summed E-state index contributed by atoms with van der Waals surface area (Å²) in [7, 11) is -2.67. The number of amides is 2. The van der Waals surface area contributed by atoms with E-state index in [9.17, 15) is 28.6 Å². The zero-order chi connectivity index (χ0) is 27.4. The summed E-state index contributed by atoms with van der Waals surface area (Å²) in [6.45, 7) is 0.223. The number of carboxylic acid groups (broad SMARTS) is 1. The van der Waals surface area contributed by atoms with Gasteiger partial charge in [0.25, 0.3) is 0 Å². The fourth-order valence-electron chi connectivity index (χ4n) is 4.45. The Balaban J connectivity index is 1.40. The number of hydrogen-bond donors (Lipinski definition) is 5. The van der Waals surface area contributed by atoms with Crippen LogP contribution < -0.4 is 10.5 Å². The Morgan fingerprint density at radius 1 is 1.13 bits per heavy atom. The largest absolute Gasteiger partial charge is 0.491 e. The van der Waals surface area contributed by atoms with Crippen LogP contribution in [-0.4, -0.2) is 101 Å². The Kier molecular flexibility index (Phi) is 8.14. The molecule has 0 spiro atoms. The van der Waals surface area contributed by atoms with Gasteiger partial charge in [-0.2, -0.15) is 10.6 Å². The molecule has 1 aromatic heterocycles. The normalized spacial score (nSPS) is 21.7. The maximum absolute atomic E-state index is 13.0. The van der Waals surface area contributed by atoms with Gasteiger partial charge in [-0.1, -0.05) is 0 Å². The van der Waals surface area contributed by atoms with E-state index in [-0.39, 0.29) is 62.3 Å². The number of aromatic nitrogens is 2. The molecule has 2 aromatic rings. The third-order valence-electron chi connectivity index (χ3n) is 6.60. The van der Waals surface area contributed by atoms with Crippen molar-refractivity contribution in [3.05, 3.63) is 42.2 Å². The zero-order valence-corrected chi connectivity index (χ0v) is 21.3. The van der Waals surface area contributed by atoms with Crippen molar-refractivity contribution in [1.82, 2.24) is 19.8 Å². The Hall–Kier alpha value is -3.75. The van der Waals surface area contributed by atoms with E-state index in [1.165, 1.54) is 22.2 Å². The number of nitrogens with two attached hydrogens (primary N) is 1. The molecule has 0 radical (unpaired) electrons. The van der Waals surface area contributed by atoms with Crippen LogP contribution in [-0.2, 0) is 14.4 Å². The molecule has 0 bridgehead atoms. The highest BCUT2D eigenvalue weighted by atomic mass is 32.3. The van der Waals surface area contributed by atoms with Crippen LogP contribution in [0.1, 0.15) is 18.4 Å². The van der Waals surface area contributed by atoms with Gasteiger partial charge in [0, 0.05) is 31.0 Å². The van der Waals surface area contributed by atoms with Crippen LogP contribution in [0.3, 0.4) is 0 Å². The molecule has 0 unspecified atom stereocenters. The predicted molar refractivity (Wildman–Crippen MR) is 139 cm³/mol. The summed E-state index contributed by atoms with van der Waals surface area (Å²) >= 11 is 0. The van der Waals surface area contributed by atoms with Crippen LogP contribution in [0.4, 0.5) is 0 Å². The number of carbonyl (C=O) groups is 3. The SMILES string of the molecule is N=C(N)c1cnc(-c2ccc(OC[C@@H]3C[C@@H](CC(=O)O)C(=O)N3CC(=O)N3CCS(O)(O)CC3)cc2)nc1. The minimum atomic E-state index is -2.67. The van der Waals surface area contributed by atoms with Gasteiger partial charge in [0.1, 0.15) is 24.7 Å². The number of rotatable bonds is 9. The molecule has 2 atom stereocenters. The molecular formula is C24H30N6O7S. The highest BCUT2D eigenvalue weighted by Crippen LogP contribution is 2.40. The first-order valence-corrected chi connectivity index (χ1v) is 13.8. The third-order valence-corrected chi connectivity index (χ3v) is 8.28. The first-order valence-electron chi connectivity index (χ1n) is 12.0. The molecule has 2 aliphatic heterocycles. The quantitative estimate of drug-likeness (QED) is 0.224. The number of amidine groups is 1. The van der Waals surface area contributed by atoms with Crippen LogP contribution in [0.2, 0.25) is 0 Å². The van der Waals surface area contributed by atoms with E-state index in [4.69, 9.17) is 15.9 Å². The van der Waals surface area contributed by atoms with Crippen LogP contribution in [0.5, 0.6) is 5.75 Å². The average molecular weight is 547 g/mol. The number of nitrogens with zero attached hydrogens (tertiary/aromatic N) is 4. The summed E-state index contributed by atoms with van der Waals surface area (Å²) in [4.78, 5) is 48.4. The second kappa shape index (κ2) is 11.3. The molecule has 0 aliphatic carbocycles. The van der Waals surface area contributed by atoms with Crippen molar-refractivity contribution in [2.24, 2.45) is 11.7 Å². The van der Waals surface area contributed by atoms with Gasteiger partial charge in [0.2, 0.25) is 11.8 Å². The van der Waals surface area contributed by atoms with E-state index in [2.05, 4.69) is 9.97 Å². The number of carbonyl (C=O) groups excluding carboxylic acids is 2. The highest BCUT2D eigenvalue weighted by molar-refractivity contribution is 8.24. The van der Waals surface area contributed by atoms with E-state index in [1.54, 1.807) is 24.3 Å². The lowest BCUT2D eigenvalue weighted by molar-refractivity contribution is -0.144. The summed E-state index contributed by atoms with van der Waals surface area (Å²) < 4.78 is 25.5. The fraction of sp³-hybridized carbons (Fsp3) is 0.417. The van der Waals surface area contributed by atoms with Crippen LogP contribution >= 0.6 is 10.6 Å². The van der Waals surface area contributed by atoms with E-state index < -0.39 is 34.4 Å². The molecule has 6 N–H and O–H groups in total. The monoisotopic (exact) mass is 546 g/mol. The van der Waals surface area contributed by atoms with E-state index in [0.717, 1.165) is 5.56 Å². The molecule has 2 amide bonds. The predicted octanol–water partition coefficient (Wildman–Crippen LogP) is 1.09. The van der Waals surface area contributed by atoms with E-state index >= 15 is 0 Å². The first kappa shape index (κ1) is 27.3. The molecule has 1 aromatic carbocycles. The second-order valence-electron chi connectivity index (χ2n) is 9.29. The third kappa shape index (κ3) is 6.57. The van der Waals surface area contributed by atoms with Crippen LogP contribution in [0.15, 0.2) is 36.7 Å². The van der Waals surface area contributed by atoms with Crippen molar-refractivity contribution < 1.29 is 33.3 Å². The average Bonchev–Trinajstić information content (AvgIpc) is 3.16. The Bertz CT molecular complexity index is 1200. The standard InChI is InChI=1S/C24H30N6O7S/c25-22(26)17-11-27-23(28-12-17)15-1-3-19(4-2-15)37-14-18-9-16(10-21(32)33)24(34)30(18)13-20(31)29-5-7-38(35,36)8-6-29/h1-4,11-12,16,18,35-36H,5-10,13-14H2,(H3,25,26)(H,32,33)/t16-,18-/m0/s1. The number of likely N-dealkylation sites (tertiary alicyclic amines) is 1. The number of benzene rings is 1. The lowest BCUT2D eigenvalue weighted by Gasteiger charge is -2.41. The highest BCUT2D eigenvalue weighted by Gasteiger charge is 2.42. The van der Waals surface area contributed by atoms with Gasteiger partial charge in [-0.15, -0.1) is 0 Å². The number of carboxylic acids is 1. The van der Waals surface area contributed by atoms with Crippen molar-refractivity contribution in [2.45, 2.75) is 18.9 Å². The van der Waals surface area contributed by atoms with E-state index in [0.29, 0.717) is 17.1 Å². The van der Waals surface area contributed by atoms with Crippen molar-refractivity contribution in [3.63, 3.8) is 0 Å². The molecule has 38 heavy (non-hydrogen) atoms. The van der Waals surface area contributed by atoms with Gasteiger partial charge < -0.3 is 25.4 Å². The smallest absolute Gasteiger partial charge is 0.304 e. The fourth-order valence-corrected chi connectivity index (χ4v) is 5.68. The van der Waals surface area contributed by atoms with Gasteiger partial charge >= 0.3 is 5.97 Å². The second-order valence-corrected chi connectivity index (χ2v) is 11.7. The maximum atomic E-state index is 13.0. The molecule has 14 heteroatoms. The number of aliphatic carboxylic acids is 1. The van der Waals surface area contributed by atoms with Gasteiger partial charge in [-0.3, -0.25) is 28.9 Å². The minimum Gasteiger partial charge on any atom is -0.491 e. The number of ether oxygens (including phenoxy) is 1. The summed E-state index contributed by atoms with van der Waals surface area (Å²) in [5.41, 5.74) is 6.56. The minimum absolute atomic E-state index is 0.0683. The lowest BCUT2D eigenvalue weighted by Crippen LogP contribution is -2.49. The van der Waals surface area contributed by atoms with Crippen molar-refractivity contribution in [1.29, 1.82) is 5.41 Å². The van der Waals surface area contributed by atoms with Gasteiger partial charge in [-0.25, -0.2) is 9.97 Å². The Morgan fingerprint density at radius 3 is 2.34 bits per heavy atom. The molecular weight excluding hydrogens is 516 g/mol. The molecule has 2 saturated heterocycles. The first-order chi connectivity index (χ1) is 18.0. The maximum Gasteiger partial charge on any atom is 0.304 e. The van der Waals surface area contributed by atoms with Gasteiger partial charge in [-0.05, 0) is 30.7 Å². The van der Waals surface area contributed by atoms with Gasteiger partial charge in [0.15, 0.2) is 5.82 Å². The molecule has 3 heterocycles. The van der Waals surface area contributed by atoms with E-state index in [1.807, 2.05) is 0 Å².